The van der Waals surface area contributed by atoms with Gasteiger partial charge in [-0.2, -0.15) is 10.5 Å². The zero-order chi connectivity index (χ0) is 15.2. The topological polar surface area (TPSA) is 78.8 Å². The minimum atomic E-state index is -0.374. The molecule has 1 aromatic carbocycles. The molecular formula is C16H13N3O2. The Balaban J connectivity index is 2.56. The standard InChI is InChI=1S/C16H13N3O2/c1-21-14-6-3-12(4-7-14)15-8-5-13(11-18)16(20)19(15)10-2-9-17/h3-8H,2,10H2,1H3. The minimum Gasteiger partial charge on any atom is -0.497 e. The van der Waals surface area contributed by atoms with Gasteiger partial charge in [0.1, 0.15) is 17.4 Å². The number of hydrogen-bond acceptors (Lipinski definition) is 4. The van der Waals surface area contributed by atoms with E-state index in [0.29, 0.717) is 5.69 Å². The fraction of sp³-hybridized carbons (Fsp3) is 0.188. The van der Waals surface area contributed by atoms with Crippen molar-refractivity contribution in [3.63, 3.8) is 0 Å². The average molecular weight is 279 g/mol. The lowest BCUT2D eigenvalue weighted by Crippen LogP contribution is -2.24. The highest BCUT2D eigenvalue weighted by Crippen LogP contribution is 2.22. The van der Waals surface area contributed by atoms with E-state index in [1.54, 1.807) is 25.3 Å². The first-order chi connectivity index (χ1) is 10.2. The van der Waals surface area contributed by atoms with Crippen LogP contribution in [0.4, 0.5) is 0 Å². The highest BCUT2D eigenvalue weighted by atomic mass is 16.5. The molecule has 0 atom stereocenters. The highest BCUT2D eigenvalue weighted by Gasteiger charge is 2.10. The Kier molecular flexibility index (Phi) is 4.38. The van der Waals surface area contributed by atoms with E-state index >= 15 is 0 Å². The Morgan fingerprint density at radius 1 is 1.14 bits per heavy atom. The summed E-state index contributed by atoms with van der Waals surface area (Å²) in [6.45, 7) is 0.256. The molecule has 0 radical (unpaired) electrons. The van der Waals surface area contributed by atoms with Crippen molar-refractivity contribution in [3.05, 3.63) is 52.3 Å². The number of methoxy groups -OCH3 is 1. The summed E-state index contributed by atoms with van der Waals surface area (Å²) >= 11 is 0. The Morgan fingerprint density at radius 2 is 1.86 bits per heavy atom. The van der Waals surface area contributed by atoms with Crippen molar-refractivity contribution >= 4 is 0 Å². The molecule has 0 aliphatic heterocycles. The lowest BCUT2D eigenvalue weighted by molar-refractivity contribution is 0.415. The maximum absolute atomic E-state index is 12.2. The van der Waals surface area contributed by atoms with Crippen molar-refractivity contribution in [2.24, 2.45) is 0 Å². The van der Waals surface area contributed by atoms with Crippen LogP contribution in [0, 0.1) is 22.7 Å². The molecule has 0 unspecified atom stereocenters. The first-order valence-electron chi connectivity index (χ1n) is 6.36. The van der Waals surface area contributed by atoms with E-state index in [9.17, 15) is 4.79 Å². The fourth-order valence-corrected chi connectivity index (χ4v) is 2.06. The molecule has 2 aromatic rings. The molecule has 104 valence electrons. The molecule has 0 aliphatic carbocycles. The summed E-state index contributed by atoms with van der Waals surface area (Å²) < 4.78 is 6.57. The zero-order valence-electron chi connectivity index (χ0n) is 11.5. The highest BCUT2D eigenvalue weighted by molar-refractivity contribution is 5.61. The van der Waals surface area contributed by atoms with Crippen molar-refractivity contribution in [1.82, 2.24) is 4.57 Å². The number of nitriles is 2. The molecule has 0 N–H and O–H groups in total. The lowest BCUT2D eigenvalue weighted by atomic mass is 10.1. The summed E-state index contributed by atoms with van der Waals surface area (Å²) in [5.41, 5.74) is 1.21. The molecular weight excluding hydrogens is 266 g/mol. The molecule has 0 amide bonds. The van der Waals surface area contributed by atoms with Gasteiger partial charge in [-0.25, -0.2) is 0 Å². The number of rotatable bonds is 4. The van der Waals surface area contributed by atoms with Gasteiger partial charge in [-0.1, -0.05) is 0 Å². The second-order valence-electron chi connectivity index (χ2n) is 4.34. The number of benzene rings is 1. The molecule has 2 rings (SSSR count). The SMILES string of the molecule is COc1ccc(-c2ccc(C#N)c(=O)n2CCC#N)cc1. The number of nitrogens with zero attached hydrogens (tertiary/aromatic N) is 3. The average Bonchev–Trinajstić information content (AvgIpc) is 2.53. The van der Waals surface area contributed by atoms with Crippen LogP contribution in [-0.2, 0) is 6.54 Å². The van der Waals surface area contributed by atoms with Crippen LogP contribution in [0.3, 0.4) is 0 Å². The summed E-state index contributed by atoms with van der Waals surface area (Å²) in [6.07, 6.45) is 0.206. The number of hydrogen-bond donors (Lipinski definition) is 0. The van der Waals surface area contributed by atoms with Crippen LogP contribution in [0.5, 0.6) is 5.75 Å². The van der Waals surface area contributed by atoms with E-state index in [1.807, 2.05) is 24.3 Å². The van der Waals surface area contributed by atoms with Gasteiger partial charge >= 0.3 is 0 Å². The lowest BCUT2D eigenvalue weighted by Gasteiger charge is -2.12. The predicted molar refractivity (Wildman–Crippen MR) is 77.6 cm³/mol. The van der Waals surface area contributed by atoms with Crippen molar-refractivity contribution < 1.29 is 4.74 Å². The summed E-state index contributed by atoms with van der Waals surface area (Å²) in [4.78, 5) is 12.2. The molecule has 0 saturated heterocycles. The molecule has 5 nitrogen and oxygen atoms in total. The van der Waals surface area contributed by atoms with Crippen molar-refractivity contribution in [2.75, 3.05) is 7.11 Å². The molecule has 0 saturated carbocycles. The van der Waals surface area contributed by atoms with Crippen LogP contribution < -0.4 is 10.3 Å². The molecule has 0 spiro atoms. The van der Waals surface area contributed by atoms with Gasteiger partial charge in [-0.3, -0.25) is 4.79 Å². The molecule has 0 bridgehead atoms. The number of ether oxygens (including phenoxy) is 1. The van der Waals surface area contributed by atoms with E-state index in [0.717, 1.165) is 11.3 Å². The molecule has 0 fully saturated rings. The van der Waals surface area contributed by atoms with E-state index in [4.69, 9.17) is 15.3 Å². The second kappa shape index (κ2) is 6.40. The smallest absolute Gasteiger partial charge is 0.268 e. The molecule has 1 heterocycles. The van der Waals surface area contributed by atoms with Gasteiger partial charge < -0.3 is 9.30 Å². The van der Waals surface area contributed by atoms with Crippen molar-refractivity contribution in [1.29, 1.82) is 10.5 Å². The van der Waals surface area contributed by atoms with Gasteiger partial charge in [-0.05, 0) is 42.0 Å². The van der Waals surface area contributed by atoms with Crippen LogP contribution in [0.1, 0.15) is 12.0 Å². The van der Waals surface area contributed by atoms with Crippen molar-refractivity contribution in [3.8, 4) is 29.1 Å². The number of aromatic nitrogens is 1. The normalized spacial score (nSPS) is 9.67. The third-order valence-corrected chi connectivity index (χ3v) is 3.13. The Bertz CT molecular complexity index is 777. The van der Waals surface area contributed by atoms with Gasteiger partial charge in [0.2, 0.25) is 0 Å². The fourth-order valence-electron chi connectivity index (χ4n) is 2.06. The Hall–Kier alpha value is -3.05. The third-order valence-electron chi connectivity index (χ3n) is 3.13. The van der Waals surface area contributed by atoms with E-state index in [1.165, 1.54) is 10.6 Å². The van der Waals surface area contributed by atoms with Gasteiger partial charge in [0, 0.05) is 6.54 Å². The van der Waals surface area contributed by atoms with Crippen LogP contribution >= 0.6 is 0 Å². The second-order valence-corrected chi connectivity index (χ2v) is 4.34. The maximum Gasteiger partial charge on any atom is 0.268 e. The van der Waals surface area contributed by atoms with Gasteiger partial charge in [0.25, 0.3) is 5.56 Å². The van der Waals surface area contributed by atoms with Crippen LogP contribution in [0.25, 0.3) is 11.3 Å². The van der Waals surface area contributed by atoms with Crippen LogP contribution in [0.2, 0.25) is 0 Å². The van der Waals surface area contributed by atoms with Crippen LogP contribution in [0.15, 0.2) is 41.2 Å². The molecule has 1 aromatic heterocycles. The zero-order valence-corrected chi connectivity index (χ0v) is 11.5. The predicted octanol–water partition coefficient (Wildman–Crippen LogP) is 2.31. The quantitative estimate of drug-likeness (QED) is 0.860. The summed E-state index contributed by atoms with van der Waals surface area (Å²) in [5.74, 6) is 0.721. The van der Waals surface area contributed by atoms with E-state index in [-0.39, 0.29) is 24.1 Å². The van der Waals surface area contributed by atoms with Gasteiger partial charge in [0.15, 0.2) is 0 Å². The van der Waals surface area contributed by atoms with Crippen LogP contribution in [-0.4, -0.2) is 11.7 Å². The summed E-state index contributed by atoms with van der Waals surface area (Å²) in [7, 11) is 1.58. The number of pyridine rings is 1. The van der Waals surface area contributed by atoms with E-state index in [2.05, 4.69) is 0 Å². The Morgan fingerprint density at radius 3 is 2.43 bits per heavy atom. The monoisotopic (exact) mass is 279 g/mol. The largest absolute Gasteiger partial charge is 0.497 e. The third kappa shape index (κ3) is 2.93. The minimum absolute atomic E-state index is 0.0743. The Labute approximate surface area is 122 Å². The van der Waals surface area contributed by atoms with E-state index < -0.39 is 0 Å². The van der Waals surface area contributed by atoms with Crippen molar-refractivity contribution in [2.45, 2.75) is 13.0 Å². The van der Waals surface area contributed by atoms with Gasteiger partial charge in [-0.15, -0.1) is 0 Å². The molecule has 0 aliphatic rings. The first-order valence-corrected chi connectivity index (χ1v) is 6.36. The molecule has 21 heavy (non-hydrogen) atoms. The molecule has 5 heteroatoms. The van der Waals surface area contributed by atoms with Gasteiger partial charge in [0.05, 0.1) is 25.3 Å². The maximum atomic E-state index is 12.2. The first kappa shape index (κ1) is 14.4. The summed E-state index contributed by atoms with van der Waals surface area (Å²) in [6, 6.07) is 14.4. The summed E-state index contributed by atoms with van der Waals surface area (Å²) in [5, 5.41) is 17.7.